The number of aromatic nitrogens is 2. The zero-order valence-electron chi connectivity index (χ0n) is 14.1. The first kappa shape index (κ1) is 17.5. The van der Waals surface area contributed by atoms with Crippen LogP contribution in [0.1, 0.15) is 37.1 Å². The van der Waals surface area contributed by atoms with E-state index in [0.717, 1.165) is 41.3 Å². The van der Waals surface area contributed by atoms with Crippen molar-refractivity contribution in [2.45, 2.75) is 38.3 Å². The topological polar surface area (TPSA) is 50.1 Å². The van der Waals surface area contributed by atoms with Crippen molar-refractivity contribution in [3.8, 4) is 5.69 Å². The largest absolute Gasteiger partial charge is 0.389 e. The van der Waals surface area contributed by atoms with Gasteiger partial charge in [-0.2, -0.15) is 16.9 Å². The van der Waals surface area contributed by atoms with E-state index in [-0.39, 0.29) is 11.9 Å². The summed E-state index contributed by atoms with van der Waals surface area (Å²) in [4.78, 5) is 0. The maximum absolute atomic E-state index is 13.1. The Labute approximate surface area is 146 Å². The van der Waals surface area contributed by atoms with Crippen molar-refractivity contribution in [1.29, 1.82) is 0 Å². The van der Waals surface area contributed by atoms with Crippen molar-refractivity contribution in [3.63, 3.8) is 0 Å². The molecule has 0 spiro atoms. The fraction of sp³-hybridized carbons (Fsp3) is 0.500. The maximum atomic E-state index is 13.1. The van der Waals surface area contributed by atoms with Gasteiger partial charge in [-0.25, -0.2) is 9.07 Å². The fourth-order valence-corrected chi connectivity index (χ4v) is 4.32. The smallest absolute Gasteiger partial charge is 0.123 e. The molecule has 3 rings (SSSR count). The van der Waals surface area contributed by atoms with Gasteiger partial charge in [0, 0.05) is 23.8 Å². The number of thioether (sulfide) groups is 1. The Hall–Kier alpha value is -1.37. The first-order chi connectivity index (χ1) is 11.5. The fourth-order valence-electron chi connectivity index (χ4n) is 3.07. The molecule has 1 atom stereocenters. The predicted molar refractivity (Wildman–Crippen MR) is 96.2 cm³/mol. The van der Waals surface area contributed by atoms with Gasteiger partial charge in [-0.15, -0.1) is 0 Å². The molecule has 6 heteroatoms. The van der Waals surface area contributed by atoms with E-state index in [1.165, 1.54) is 12.1 Å². The Balaban J connectivity index is 1.69. The summed E-state index contributed by atoms with van der Waals surface area (Å²) in [7, 11) is 0. The standard InChI is InChI=1S/C18H24FN3OS/c1-13(20-12-18(23)7-9-24-10-8-18)17-11-21-22(14(17)2)16-5-3-15(19)4-6-16/h3-6,11,13,20,23H,7-10,12H2,1-2H3. The quantitative estimate of drug-likeness (QED) is 0.870. The van der Waals surface area contributed by atoms with E-state index >= 15 is 0 Å². The van der Waals surface area contributed by atoms with Crippen molar-refractivity contribution < 1.29 is 9.50 Å². The Bertz CT molecular complexity index is 680. The van der Waals surface area contributed by atoms with Crippen molar-refractivity contribution in [2.24, 2.45) is 0 Å². The average molecular weight is 349 g/mol. The number of benzene rings is 1. The highest BCUT2D eigenvalue weighted by atomic mass is 32.2. The van der Waals surface area contributed by atoms with Crippen LogP contribution >= 0.6 is 11.8 Å². The van der Waals surface area contributed by atoms with Gasteiger partial charge in [-0.05, 0) is 62.5 Å². The molecular weight excluding hydrogens is 325 g/mol. The molecule has 1 fully saturated rings. The number of nitrogens with zero attached hydrogens (tertiary/aromatic N) is 2. The highest BCUT2D eigenvalue weighted by Gasteiger charge is 2.30. The van der Waals surface area contributed by atoms with Crippen LogP contribution < -0.4 is 5.32 Å². The number of aliphatic hydroxyl groups is 1. The highest BCUT2D eigenvalue weighted by molar-refractivity contribution is 7.99. The van der Waals surface area contributed by atoms with Crippen molar-refractivity contribution in [3.05, 3.63) is 47.5 Å². The number of hydrogen-bond donors (Lipinski definition) is 2. The van der Waals surface area contributed by atoms with E-state index in [0.29, 0.717) is 6.54 Å². The van der Waals surface area contributed by atoms with Gasteiger partial charge >= 0.3 is 0 Å². The van der Waals surface area contributed by atoms with Crippen LogP contribution in [-0.2, 0) is 0 Å². The summed E-state index contributed by atoms with van der Waals surface area (Å²) in [6.07, 6.45) is 3.52. The molecule has 0 aliphatic carbocycles. The van der Waals surface area contributed by atoms with Crippen LogP contribution in [0.4, 0.5) is 4.39 Å². The third-order valence-electron chi connectivity index (χ3n) is 4.75. The molecule has 0 radical (unpaired) electrons. The maximum Gasteiger partial charge on any atom is 0.123 e. The second-order valence-electron chi connectivity index (χ2n) is 6.51. The summed E-state index contributed by atoms with van der Waals surface area (Å²) in [6.45, 7) is 4.69. The summed E-state index contributed by atoms with van der Waals surface area (Å²) in [5.74, 6) is 1.79. The molecule has 1 saturated heterocycles. The van der Waals surface area contributed by atoms with Gasteiger partial charge in [0.25, 0.3) is 0 Å². The molecule has 0 bridgehead atoms. The van der Waals surface area contributed by atoms with Crippen molar-refractivity contribution in [2.75, 3.05) is 18.1 Å². The van der Waals surface area contributed by atoms with Gasteiger partial charge in [0.05, 0.1) is 17.5 Å². The van der Waals surface area contributed by atoms with Gasteiger partial charge in [0.1, 0.15) is 5.82 Å². The van der Waals surface area contributed by atoms with E-state index < -0.39 is 5.60 Å². The molecule has 2 heterocycles. The van der Waals surface area contributed by atoms with Crippen molar-refractivity contribution in [1.82, 2.24) is 15.1 Å². The Morgan fingerprint density at radius 3 is 2.67 bits per heavy atom. The first-order valence-corrected chi connectivity index (χ1v) is 9.48. The molecule has 130 valence electrons. The molecule has 1 unspecified atom stereocenters. The highest BCUT2D eigenvalue weighted by Crippen LogP contribution is 2.27. The predicted octanol–water partition coefficient (Wildman–Crippen LogP) is 3.23. The molecule has 4 nitrogen and oxygen atoms in total. The zero-order chi connectivity index (χ0) is 17.2. The van der Waals surface area contributed by atoms with Gasteiger partial charge in [-0.3, -0.25) is 0 Å². The summed E-state index contributed by atoms with van der Waals surface area (Å²) in [5.41, 5.74) is 2.36. The normalized spacial score (nSPS) is 18.5. The van der Waals surface area contributed by atoms with Crippen LogP contribution in [0.2, 0.25) is 0 Å². The van der Waals surface area contributed by atoms with Crippen LogP contribution in [0, 0.1) is 12.7 Å². The average Bonchev–Trinajstić information content (AvgIpc) is 2.96. The van der Waals surface area contributed by atoms with Crippen LogP contribution in [0.15, 0.2) is 30.5 Å². The molecule has 1 aromatic carbocycles. The zero-order valence-corrected chi connectivity index (χ0v) is 14.9. The molecular formula is C18H24FN3OS. The molecule has 0 amide bonds. The number of halogens is 1. The van der Waals surface area contributed by atoms with Gasteiger partial charge < -0.3 is 10.4 Å². The molecule has 24 heavy (non-hydrogen) atoms. The van der Waals surface area contributed by atoms with Crippen LogP contribution in [0.5, 0.6) is 0 Å². The van der Waals surface area contributed by atoms with Crippen LogP contribution in [0.25, 0.3) is 5.69 Å². The minimum absolute atomic E-state index is 0.0952. The summed E-state index contributed by atoms with van der Waals surface area (Å²) < 4.78 is 14.9. The number of nitrogens with one attached hydrogen (secondary N) is 1. The van der Waals surface area contributed by atoms with E-state index in [4.69, 9.17) is 0 Å². The second-order valence-corrected chi connectivity index (χ2v) is 7.74. The van der Waals surface area contributed by atoms with Crippen molar-refractivity contribution >= 4 is 11.8 Å². The lowest BCUT2D eigenvalue weighted by Crippen LogP contribution is -2.44. The number of rotatable bonds is 5. The van der Waals surface area contributed by atoms with Gasteiger partial charge in [0.15, 0.2) is 0 Å². The lowest BCUT2D eigenvalue weighted by Gasteiger charge is -2.33. The van der Waals surface area contributed by atoms with E-state index in [9.17, 15) is 9.50 Å². The molecule has 1 aliphatic heterocycles. The lowest BCUT2D eigenvalue weighted by molar-refractivity contribution is 0.0300. The Kier molecular flexibility index (Phi) is 5.27. The van der Waals surface area contributed by atoms with E-state index in [1.807, 2.05) is 29.6 Å². The first-order valence-electron chi connectivity index (χ1n) is 8.32. The SMILES string of the molecule is Cc1c(C(C)NCC2(O)CCSCC2)cnn1-c1ccc(F)cc1. The van der Waals surface area contributed by atoms with E-state index in [1.54, 1.807) is 12.1 Å². The minimum atomic E-state index is -0.597. The van der Waals surface area contributed by atoms with E-state index in [2.05, 4.69) is 17.3 Å². The minimum Gasteiger partial charge on any atom is -0.389 e. The third-order valence-corrected chi connectivity index (χ3v) is 5.73. The third kappa shape index (κ3) is 3.82. The Morgan fingerprint density at radius 1 is 1.33 bits per heavy atom. The lowest BCUT2D eigenvalue weighted by atomic mass is 9.96. The van der Waals surface area contributed by atoms with Crippen LogP contribution in [-0.4, -0.2) is 38.5 Å². The number of hydrogen-bond acceptors (Lipinski definition) is 4. The van der Waals surface area contributed by atoms with Gasteiger partial charge in [0.2, 0.25) is 0 Å². The summed E-state index contributed by atoms with van der Waals surface area (Å²) in [5, 5.41) is 18.5. The summed E-state index contributed by atoms with van der Waals surface area (Å²) >= 11 is 1.90. The Morgan fingerprint density at radius 2 is 2.00 bits per heavy atom. The second kappa shape index (κ2) is 7.25. The monoisotopic (exact) mass is 349 g/mol. The summed E-state index contributed by atoms with van der Waals surface area (Å²) in [6, 6.07) is 6.42. The van der Waals surface area contributed by atoms with Crippen LogP contribution in [0.3, 0.4) is 0 Å². The molecule has 1 aromatic heterocycles. The molecule has 2 N–H and O–H groups in total. The molecule has 0 saturated carbocycles. The molecule has 1 aliphatic rings. The van der Waals surface area contributed by atoms with Gasteiger partial charge in [-0.1, -0.05) is 0 Å². The molecule has 2 aromatic rings.